The molecule has 0 amide bonds. The van der Waals surface area contributed by atoms with Gasteiger partial charge in [-0.1, -0.05) is 55.1 Å². The summed E-state index contributed by atoms with van der Waals surface area (Å²) in [4.78, 5) is 20.1. The number of rotatable bonds is 12. The lowest BCUT2D eigenvalue weighted by Crippen LogP contribution is -2.20. The van der Waals surface area contributed by atoms with Crippen molar-refractivity contribution in [1.29, 1.82) is 0 Å². The second-order valence-electron chi connectivity index (χ2n) is 12.5. The topological polar surface area (TPSA) is 86.4 Å². The molecular formula is C40H40FN7. The first-order valence-electron chi connectivity index (χ1n) is 16.8. The second kappa shape index (κ2) is 14.3. The molecule has 1 aliphatic heterocycles. The van der Waals surface area contributed by atoms with Crippen LogP contribution in [0.5, 0.6) is 0 Å². The largest absolute Gasteiger partial charge is 0.335 e. The molecule has 0 bridgehead atoms. The highest BCUT2D eigenvalue weighted by Gasteiger charge is 2.18. The molecule has 7 nitrogen and oxygen atoms in total. The zero-order chi connectivity index (χ0) is 32.9. The average Bonchev–Trinajstić information content (AvgIpc) is 3.88. The number of imidazole rings is 1. The maximum absolute atomic E-state index is 14.9. The van der Waals surface area contributed by atoms with Crippen LogP contribution in [0.1, 0.15) is 49.4 Å². The van der Waals surface area contributed by atoms with Gasteiger partial charge in [-0.2, -0.15) is 5.10 Å². The molecule has 48 heavy (non-hydrogen) atoms. The predicted molar refractivity (Wildman–Crippen MR) is 193 cm³/mol. The van der Waals surface area contributed by atoms with Gasteiger partial charge >= 0.3 is 0 Å². The Kier molecular flexibility index (Phi) is 9.34. The number of H-pyrrole nitrogens is 2. The van der Waals surface area contributed by atoms with Crippen LogP contribution in [0.3, 0.4) is 0 Å². The normalized spacial score (nSPS) is 14.4. The highest BCUT2D eigenvalue weighted by molar-refractivity contribution is 5.96. The quantitative estimate of drug-likeness (QED) is 0.131. The average molecular weight is 638 g/mol. The van der Waals surface area contributed by atoms with Gasteiger partial charge in [-0.05, 0) is 123 Å². The SMILES string of the molecule is C=C/C(=C\C(=C/C)c1cc2c(-c3nc4nccc(-c5cc(F)cc(CCCN6CCCC6)c5)c4[nH]3)n[nH]c2cn1)CCc1ccccc1. The molecule has 1 saturated heterocycles. The van der Waals surface area contributed by atoms with Crippen molar-refractivity contribution in [2.45, 2.75) is 45.4 Å². The van der Waals surface area contributed by atoms with E-state index in [0.717, 1.165) is 82.2 Å². The summed E-state index contributed by atoms with van der Waals surface area (Å²) in [5.41, 5.74) is 9.72. The number of pyridine rings is 2. The molecule has 2 N–H and O–H groups in total. The van der Waals surface area contributed by atoms with Crippen molar-refractivity contribution in [3.63, 3.8) is 0 Å². The molecule has 7 rings (SSSR count). The number of nitrogens with zero attached hydrogens (tertiary/aromatic N) is 5. The van der Waals surface area contributed by atoms with Crippen LogP contribution in [0.25, 0.3) is 50.3 Å². The highest BCUT2D eigenvalue weighted by Crippen LogP contribution is 2.32. The molecule has 0 atom stereocenters. The fourth-order valence-corrected chi connectivity index (χ4v) is 6.65. The van der Waals surface area contributed by atoms with Crippen LogP contribution in [0.4, 0.5) is 4.39 Å². The molecule has 0 radical (unpaired) electrons. The monoisotopic (exact) mass is 637 g/mol. The summed E-state index contributed by atoms with van der Waals surface area (Å²) < 4.78 is 14.9. The predicted octanol–water partition coefficient (Wildman–Crippen LogP) is 8.88. The summed E-state index contributed by atoms with van der Waals surface area (Å²) >= 11 is 0. The van der Waals surface area contributed by atoms with Crippen LogP contribution in [0.15, 0.2) is 103 Å². The summed E-state index contributed by atoms with van der Waals surface area (Å²) in [5, 5.41) is 8.62. The first kappa shape index (κ1) is 31.4. The van der Waals surface area contributed by atoms with E-state index in [0.29, 0.717) is 17.2 Å². The summed E-state index contributed by atoms with van der Waals surface area (Å²) in [6.07, 6.45) is 15.9. The zero-order valence-corrected chi connectivity index (χ0v) is 27.3. The van der Waals surface area contributed by atoms with Crippen molar-refractivity contribution in [2.75, 3.05) is 19.6 Å². The van der Waals surface area contributed by atoms with Crippen molar-refractivity contribution in [3.8, 4) is 22.6 Å². The Balaban J connectivity index is 1.16. The van der Waals surface area contributed by atoms with Crippen molar-refractivity contribution in [2.24, 2.45) is 0 Å². The molecule has 242 valence electrons. The molecule has 1 aliphatic rings. The Morgan fingerprint density at radius 3 is 2.67 bits per heavy atom. The van der Waals surface area contributed by atoms with Crippen molar-refractivity contribution in [3.05, 3.63) is 126 Å². The van der Waals surface area contributed by atoms with E-state index in [1.54, 1.807) is 24.5 Å². The van der Waals surface area contributed by atoms with E-state index >= 15 is 0 Å². The van der Waals surface area contributed by atoms with Gasteiger partial charge < -0.3 is 9.88 Å². The molecule has 6 aromatic rings. The number of hydrogen-bond donors (Lipinski definition) is 2. The van der Waals surface area contributed by atoms with Crippen molar-refractivity contribution >= 4 is 27.6 Å². The molecular weight excluding hydrogens is 597 g/mol. The molecule has 0 unspecified atom stereocenters. The number of aryl methyl sites for hydroxylation is 2. The van der Waals surface area contributed by atoms with Crippen LogP contribution in [0, 0.1) is 5.82 Å². The first-order chi connectivity index (χ1) is 23.6. The minimum absolute atomic E-state index is 0.236. The van der Waals surface area contributed by atoms with Gasteiger partial charge in [0.15, 0.2) is 11.5 Å². The molecule has 5 heterocycles. The van der Waals surface area contributed by atoms with Gasteiger partial charge in [0.1, 0.15) is 11.5 Å². The lowest BCUT2D eigenvalue weighted by Gasteiger charge is -2.14. The van der Waals surface area contributed by atoms with E-state index in [-0.39, 0.29) is 5.82 Å². The number of benzene rings is 2. The van der Waals surface area contributed by atoms with Crippen LogP contribution < -0.4 is 0 Å². The minimum atomic E-state index is -0.236. The molecule has 0 spiro atoms. The molecule has 1 fully saturated rings. The van der Waals surface area contributed by atoms with Gasteiger partial charge in [-0.25, -0.2) is 14.4 Å². The summed E-state index contributed by atoms with van der Waals surface area (Å²) in [5.74, 6) is 0.350. The second-order valence-corrected chi connectivity index (χ2v) is 12.5. The fourth-order valence-electron chi connectivity index (χ4n) is 6.65. The van der Waals surface area contributed by atoms with Gasteiger partial charge in [0, 0.05) is 17.1 Å². The van der Waals surface area contributed by atoms with E-state index < -0.39 is 0 Å². The Bertz CT molecular complexity index is 2120. The van der Waals surface area contributed by atoms with E-state index in [4.69, 9.17) is 9.97 Å². The van der Waals surface area contributed by atoms with E-state index in [9.17, 15) is 4.39 Å². The van der Waals surface area contributed by atoms with Gasteiger partial charge in [0.2, 0.25) is 0 Å². The van der Waals surface area contributed by atoms with Crippen LogP contribution >= 0.6 is 0 Å². The maximum atomic E-state index is 14.9. The number of halogens is 1. The Morgan fingerprint density at radius 1 is 1.00 bits per heavy atom. The van der Waals surface area contributed by atoms with Crippen LogP contribution in [0.2, 0.25) is 0 Å². The van der Waals surface area contributed by atoms with E-state index in [2.05, 4.69) is 74.1 Å². The lowest BCUT2D eigenvalue weighted by atomic mass is 10.0. The van der Waals surface area contributed by atoms with Gasteiger partial charge in [-0.3, -0.25) is 10.1 Å². The number of nitrogens with one attached hydrogen (secondary N) is 2. The van der Waals surface area contributed by atoms with Crippen LogP contribution in [-0.4, -0.2) is 54.7 Å². The van der Waals surface area contributed by atoms with Gasteiger partial charge in [-0.15, -0.1) is 0 Å². The van der Waals surface area contributed by atoms with Crippen LogP contribution in [-0.2, 0) is 12.8 Å². The maximum Gasteiger partial charge on any atom is 0.178 e. The van der Waals surface area contributed by atoms with E-state index in [1.807, 2.05) is 31.2 Å². The molecule has 0 saturated carbocycles. The third-order valence-electron chi connectivity index (χ3n) is 9.23. The summed E-state index contributed by atoms with van der Waals surface area (Å²) in [6.45, 7) is 9.49. The van der Waals surface area contributed by atoms with Crippen molar-refractivity contribution in [1.82, 2.24) is 35.0 Å². The van der Waals surface area contributed by atoms with E-state index in [1.165, 1.54) is 31.5 Å². The van der Waals surface area contributed by atoms with Gasteiger partial charge in [0.05, 0.1) is 22.9 Å². The number of aromatic nitrogens is 6. The standard InChI is InChI=1S/C40H40FN7/c1-3-27(14-15-28-11-6-5-7-12-28)21-30(4-2)35-25-34-36(26-43-35)46-47-38(34)40-44-37-33(16-17-42-39(37)45-40)31-22-29(23-32(41)24-31)13-10-20-48-18-8-9-19-48/h3-7,11-12,16-17,21-26H,1,8-10,13-15,18-20H2,2H3,(H,46,47)(H,42,44,45)/b27-21+,30-4+. The molecule has 8 heteroatoms. The Labute approximate surface area is 280 Å². The fraction of sp³-hybridized carbons (Fsp3) is 0.250. The lowest BCUT2D eigenvalue weighted by molar-refractivity contribution is 0.334. The molecule has 0 aliphatic carbocycles. The minimum Gasteiger partial charge on any atom is -0.335 e. The smallest absolute Gasteiger partial charge is 0.178 e. The zero-order valence-electron chi connectivity index (χ0n) is 27.3. The third-order valence-corrected chi connectivity index (χ3v) is 9.23. The molecule has 2 aromatic carbocycles. The Hall–Kier alpha value is -5.21. The number of aromatic amines is 2. The number of likely N-dealkylation sites (tertiary alicyclic amines) is 1. The third kappa shape index (κ3) is 6.89. The van der Waals surface area contributed by atoms with Crippen molar-refractivity contribution < 1.29 is 4.39 Å². The Morgan fingerprint density at radius 2 is 1.85 bits per heavy atom. The first-order valence-corrected chi connectivity index (χ1v) is 16.8. The molecule has 4 aromatic heterocycles. The summed E-state index contributed by atoms with van der Waals surface area (Å²) in [7, 11) is 0. The number of hydrogen-bond acceptors (Lipinski definition) is 5. The highest BCUT2D eigenvalue weighted by atomic mass is 19.1. The summed E-state index contributed by atoms with van der Waals surface area (Å²) in [6, 6.07) is 19.8. The number of fused-ring (bicyclic) bond motifs is 2. The van der Waals surface area contributed by atoms with Gasteiger partial charge in [0.25, 0.3) is 0 Å². The number of allylic oxidation sites excluding steroid dienone is 5.